The summed E-state index contributed by atoms with van der Waals surface area (Å²) in [6.07, 6.45) is 12.3. The second-order valence-corrected chi connectivity index (χ2v) is 7.82. The van der Waals surface area contributed by atoms with Crippen LogP contribution in [-0.2, 0) is 4.74 Å². The molecule has 0 radical (unpaired) electrons. The van der Waals surface area contributed by atoms with E-state index in [0.29, 0.717) is 18.1 Å². The summed E-state index contributed by atoms with van der Waals surface area (Å²) in [6, 6.07) is 2.44. The van der Waals surface area contributed by atoms with Crippen molar-refractivity contribution in [2.75, 3.05) is 12.4 Å². The molecule has 0 saturated heterocycles. The van der Waals surface area contributed by atoms with E-state index in [1.54, 1.807) is 13.3 Å². The highest BCUT2D eigenvalue weighted by Gasteiger charge is 2.22. The number of hydrogen-bond acceptors (Lipinski definition) is 6. The van der Waals surface area contributed by atoms with Gasteiger partial charge in [0.05, 0.1) is 22.9 Å². The lowest BCUT2D eigenvalue weighted by molar-refractivity contribution is 0.0681. The molecule has 0 aromatic carbocycles. The summed E-state index contributed by atoms with van der Waals surface area (Å²) in [5.74, 6) is 0.654. The van der Waals surface area contributed by atoms with Crippen molar-refractivity contribution in [1.29, 1.82) is 0 Å². The fourth-order valence-electron chi connectivity index (χ4n) is 4.17. The maximum absolute atomic E-state index is 5.47. The van der Waals surface area contributed by atoms with E-state index in [0.717, 1.165) is 59.3 Å². The van der Waals surface area contributed by atoms with Gasteiger partial charge in [-0.05, 0) is 51.2 Å². The van der Waals surface area contributed by atoms with E-state index < -0.39 is 0 Å². The molecular weight excluding hydrogens is 366 g/mol. The van der Waals surface area contributed by atoms with E-state index in [1.165, 1.54) is 0 Å². The van der Waals surface area contributed by atoms with Gasteiger partial charge in [0.1, 0.15) is 5.65 Å². The summed E-state index contributed by atoms with van der Waals surface area (Å²) >= 11 is 0. The molecule has 1 aliphatic rings. The van der Waals surface area contributed by atoms with E-state index >= 15 is 0 Å². The SMILES string of the molecule is COC1CCC(Nc2ncc3c(C)nn(-c4cn5ccnc5cc4C)c3n2)CC1. The molecule has 8 nitrogen and oxygen atoms in total. The summed E-state index contributed by atoms with van der Waals surface area (Å²) < 4.78 is 9.38. The summed E-state index contributed by atoms with van der Waals surface area (Å²) in [7, 11) is 1.79. The number of fused-ring (bicyclic) bond motifs is 2. The maximum Gasteiger partial charge on any atom is 0.224 e. The molecule has 0 spiro atoms. The van der Waals surface area contributed by atoms with Gasteiger partial charge >= 0.3 is 0 Å². The van der Waals surface area contributed by atoms with Gasteiger partial charge in [0, 0.05) is 37.9 Å². The number of rotatable bonds is 4. The lowest BCUT2D eigenvalue weighted by atomic mass is 9.93. The van der Waals surface area contributed by atoms with Gasteiger partial charge in [0.25, 0.3) is 0 Å². The second kappa shape index (κ2) is 7.11. The topological polar surface area (TPSA) is 82.2 Å². The number of methoxy groups -OCH3 is 1. The smallest absolute Gasteiger partial charge is 0.224 e. The fraction of sp³-hybridized carbons (Fsp3) is 0.429. The molecule has 4 aromatic heterocycles. The first-order valence-electron chi connectivity index (χ1n) is 10.1. The first-order valence-corrected chi connectivity index (χ1v) is 10.1. The molecule has 0 bridgehead atoms. The Morgan fingerprint density at radius 2 is 1.97 bits per heavy atom. The molecule has 8 heteroatoms. The Kier molecular flexibility index (Phi) is 4.43. The minimum atomic E-state index is 0.375. The van der Waals surface area contributed by atoms with Crippen molar-refractivity contribution in [2.45, 2.75) is 51.7 Å². The largest absolute Gasteiger partial charge is 0.381 e. The highest BCUT2D eigenvalue weighted by atomic mass is 16.5. The van der Waals surface area contributed by atoms with Crippen molar-refractivity contribution >= 4 is 22.6 Å². The number of aromatic nitrogens is 6. The van der Waals surface area contributed by atoms with Crippen LogP contribution in [0.5, 0.6) is 0 Å². The van der Waals surface area contributed by atoms with E-state index in [-0.39, 0.29) is 0 Å². The van der Waals surface area contributed by atoms with Crippen molar-refractivity contribution in [3.63, 3.8) is 0 Å². The molecule has 0 unspecified atom stereocenters. The second-order valence-electron chi connectivity index (χ2n) is 7.82. The van der Waals surface area contributed by atoms with Crippen LogP contribution in [0.2, 0.25) is 0 Å². The van der Waals surface area contributed by atoms with Crippen LogP contribution in [0.3, 0.4) is 0 Å². The zero-order valence-electron chi connectivity index (χ0n) is 17.0. The first kappa shape index (κ1) is 18.1. The van der Waals surface area contributed by atoms with Gasteiger partial charge in [-0.2, -0.15) is 10.1 Å². The van der Waals surface area contributed by atoms with Gasteiger partial charge in [0.2, 0.25) is 5.95 Å². The molecule has 0 amide bonds. The van der Waals surface area contributed by atoms with Crippen molar-refractivity contribution in [1.82, 2.24) is 29.1 Å². The Bertz CT molecular complexity index is 1170. The standard InChI is InChI=1S/C21H25N7O/c1-13-10-19-22-8-9-27(19)12-18(13)28-20-17(14(2)26-28)11-23-21(25-20)24-15-4-6-16(29-3)7-5-15/h8-12,15-16H,4-7H2,1-3H3,(H,23,24,25). The average molecular weight is 391 g/mol. The summed E-state index contributed by atoms with van der Waals surface area (Å²) in [6.45, 7) is 4.06. The van der Waals surface area contributed by atoms with Crippen molar-refractivity contribution in [3.05, 3.63) is 42.1 Å². The number of anilines is 1. The Balaban J connectivity index is 1.51. The molecule has 0 atom stereocenters. The Hall–Kier alpha value is -3.00. The van der Waals surface area contributed by atoms with E-state index in [9.17, 15) is 0 Å². The van der Waals surface area contributed by atoms with Crippen molar-refractivity contribution in [3.8, 4) is 5.69 Å². The monoisotopic (exact) mass is 391 g/mol. The highest BCUT2D eigenvalue weighted by Crippen LogP contribution is 2.26. The van der Waals surface area contributed by atoms with Crippen LogP contribution in [0.15, 0.2) is 30.9 Å². The zero-order valence-corrected chi connectivity index (χ0v) is 17.0. The fourth-order valence-corrected chi connectivity index (χ4v) is 4.17. The van der Waals surface area contributed by atoms with E-state index in [2.05, 4.69) is 28.3 Å². The third-order valence-corrected chi connectivity index (χ3v) is 5.89. The number of imidazole rings is 1. The van der Waals surface area contributed by atoms with Crippen LogP contribution in [0.4, 0.5) is 5.95 Å². The van der Waals surface area contributed by atoms with Crippen LogP contribution in [0.1, 0.15) is 36.9 Å². The van der Waals surface area contributed by atoms with Crippen molar-refractivity contribution in [2.24, 2.45) is 0 Å². The summed E-state index contributed by atoms with van der Waals surface area (Å²) in [5, 5.41) is 9.23. The summed E-state index contributed by atoms with van der Waals surface area (Å²) in [5.41, 5.74) is 4.73. The van der Waals surface area contributed by atoms with Crippen LogP contribution < -0.4 is 5.32 Å². The minimum Gasteiger partial charge on any atom is -0.381 e. The Morgan fingerprint density at radius 3 is 2.76 bits per heavy atom. The van der Waals surface area contributed by atoms with Gasteiger partial charge in [-0.1, -0.05) is 0 Å². The maximum atomic E-state index is 5.47. The number of nitrogens with one attached hydrogen (secondary N) is 1. The lowest BCUT2D eigenvalue weighted by Crippen LogP contribution is -2.29. The molecule has 1 N–H and O–H groups in total. The molecule has 29 heavy (non-hydrogen) atoms. The van der Waals surface area contributed by atoms with Crippen LogP contribution >= 0.6 is 0 Å². The molecule has 4 aromatic rings. The molecule has 5 rings (SSSR count). The highest BCUT2D eigenvalue weighted by molar-refractivity contribution is 5.80. The Morgan fingerprint density at radius 1 is 1.14 bits per heavy atom. The van der Waals surface area contributed by atoms with Crippen LogP contribution in [0.25, 0.3) is 22.4 Å². The molecular formula is C21H25N7O. The predicted molar refractivity (Wildman–Crippen MR) is 112 cm³/mol. The van der Waals surface area contributed by atoms with Crippen LogP contribution in [-0.4, -0.2) is 48.4 Å². The van der Waals surface area contributed by atoms with Gasteiger partial charge < -0.3 is 14.5 Å². The van der Waals surface area contributed by atoms with Crippen LogP contribution in [0, 0.1) is 13.8 Å². The zero-order chi connectivity index (χ0) is 20.0. The van der Waals surface area contributed by atoms with E-state index in [1.807, 2.05) is 34.6 Å². The normalized spacial score (nSPS) is 19.8. The molecule has 1 aliphatic carbocycles. The number of aryl methyl sites for hydroxylation is 2. The number of hydrogen-bond donors (Lipinski definition) is 1. The average Bonchev–Trinajstić information content (AvgIpc) is 3.31. The van der Waals surface area contributed by atoms with Gasteiger partial charge in [-0.25, -0.2) is 14.6 Å². The number of nitrogens with zero attached hydrogens (tertiary/aromatic N) is 6. The predicted octanol–water partition coefficient (Wildman–Crippen LogP) is 3.45. The van der Waals surface area contributed by atoms with E-state index in [4.69, 9.17) is 14.8 Å². The minimum absolute atomic E-state index is 0.375. The summed E-state index contributed by atoms with van der Waals surface area (Å²) in [4.78, 5) is 13.7. The molecule has 4 heterocycles. The molecule has 1 fully saturated rings. The van der Waals surface area contributed by atoms with Gasteiger partial charge in [-0.3, -0.25) is 0 Å². The third kappa shape index (κ3) is 3.23. The number of ether oxygens (including phenoxy) is 1. The van der Waals surface area contributed by atoms with Gasteiger partial charge in [-0.15, -0.1) is 0 Å². The first-order chi connectivity index (χ1) is 14.1. The lowest BCUT2D eigenvalue weighted by Gasteiger charge is -2.28. The quantitative estimate of drug-likeness (QED) is 0.574. The van der Waals surface area contributed by atoms with Crippen molar-refractivity contribution < 1.29 is 4.74 Å². The Labute approximate surface area is 168 Å². The van der Waals surface area contributed by atoms with Gasteiger partial charge in [0.15, 0.2) is 5.65 Å². The molecule has 150 valence electrons. The molecule has 0 aliphatic heterocycles. The third-order valence-electron chi connectivity index (χ3n) is 5.89. The number of pyridine rings is 1. The molecule has 1 saturated carbocycles.